The van der Waals surface area contributed by atoms with E-state index in [1.807, 2.05) is 0 Å². The Morgan fingerprint density at radius 3 is 2.48 bits per heavy atom. The lowest BCUT2D eigenvalue weighted by atomic mass is 9.44. The van der Waals surface area contributed by atoms with Gasteiger partial charge < -0.3 is 5.11 Å². The van der Waals surface area contributed by atoms with Crippen LogP contribution in [0.15, 0.2) is 0 Å². The highest BCUT2D eigenvalue weighted by atomic mass is 16.3. The van der Waals surface area contributed by atoms with Gasteiger partial charge in [0.05, 0.1) is 0 Å². The van der Waals surface area contributed by atoms with Crippen LogP contribution < -0.4 is 0 Å². The first kappa shape index (κ1) is 15.8. The van der Waals surface area contributed by atoms with Gasteiger partial charge in [-0.3, -0.25) is 0 Å². The number of aliphatic hydroxyl groups excluding tert-OH is 1. The molecule has 0 aromatic heterocycles. The SMILES string of the molecule is CC(C)[C@@H]1CC[C@@H]2[C@H](CC[C@@H]3[C@](C)(CO)CCC[C@@]23C)C1. The van der Waals surface area contributed by atoms with E-state index in [2.05, 4.69) is 27.7 Å². The quantitative estimate of drug-likeness (QED) is 0.734. The van der Waals surface area contributed by atoms with Crippen molar-refractivity contribution in [2.75, 3.05) is 6.61 Å². The third kappa shape index (κ3) is 2.48. The Balaban J connectivity index is 1.82. The fourth-order valence-electron chi connectivity index (χ4n) is 6.80. The molecule has 0 amide bonds. The third-order valence-electron chi connectivity index (χ3n) is 8.10. The van der Waals surface area contributed by atoms with E-state index in [1.165, 1.54) is 51.4 Å². The van der Waals surface area contributed by atoms with Crippen LogP contribution in [0.4, 0.5) is 0 Å². The molecule has 1 heteroatoms. The van der Waals surface area contributed by atoms with Crippen molar-refractivity contribution >= 4 is 0 Å². The van der Waals surface area contributed by atoms with Gasteiger partial charge in [0.25, 0.3) is 0 Å². The van der Waals surface area contributed by atoms with E-state index in [0.29, 0.717) is 12.0 Å². The summed E-state index contributed by atoms with van der Waals surface area (Å²) in [6, 6.07) is 0. The van der Waals surface area contributed by atoms with Gasteiger partial charge in [0.2, 0.25) is 0 Å². The minimum Gasteiger partial charge on any atom is -0.396 e. The number of hydrogen-bond acceptors (Lipinski definition) is 1. The molecule has 21 heavy (non-hydrogen) atoms. The van der Waals surface area contributed by atoms with E-state index in [0.717, 1.165) is 29.6 Å². The Kier molecular flexibility index (Phi) is 4.19. The van der Waals surface area contributed by atoms with Gasteiger partial charge in [-0.05, 0) is 85.4 Å². The molecule has 0 saturated heterocycles. The van der Waals surface area contributed by atoms with Gasteiger partial charge in [0.1, 0.15) is 0 Å². The first-order chi connectivity index (χ1) is 9.90. The van der Waals surface area contributed by atoms with Crippen molar-refractivity contribution in [1.29, 1.82) is 0 Å². The molecule has 0 heterocycles. The molecule has 1 nitrogen and oxygen atoms in total. The van der Waals surface area contributed by atoms with E-state index in [-0.39, 0.29) is 5.41 Å². The Bertz CT molecular complexity index is 376. The molecule has 1 N–H and O–H groups in total. The molecule has 0 radical (unpaired) electrons. The van der Waals surface area contributed by atoms with Crippen LogP contribution in [0.1, 0.15) is 79.1 Å². The standard InChI is InChI=1S/C20H36O/c1-14(2)15-6-8-17-16(12-15)7-9-18-19(3,13-21)10-5-11-20(17,18)4/h14-18,21H,5-13H2,1-4H3/t15-,16-,17-,18-,19+,20+/m1/s1. The smallest absolute Gasteiger partial charge is 0.0487 e. The van der Waals surface area contributed by atoms with Crippen LogP contribution in [0, 0.1) is 40.4 Å². The topological polar surface area (TPSA) is 20.2 Å². The molecule has 3 aliphatic rings. The summed E-state index contributed by atoms with van der Waals surface area (Å²) in [5.74, 6) is 4.52. The van der Waals surface area contributed by atoms with Crippen LogP contribution >= 0.6 is 0 Å². The van der Waals surface area contributed by atoms with Gasteiger partial charge in [0.15, 0.2) is 0 Å². The second-order valence-electron chi connectivity index (χ2n) is 9.49. The number of aliphatic hydroxyl groups is 1. The van der Waals surface area contributed by atoms with Gasteiger partial charge in [-0.1, -0.05) is 34.1 Å². The maximum absolute atomic E-state index is 10.0. The van der Waals surface area contributed by atoms with Crippen LogP contribution in [0.2, 0.25) is 0 Å². The van der Waals surface area contributed by atoms with E-state index in [9.17, 15) is 5.11 Å². The van der Waals surface area contributed by atoms with Gasteiger partial charge in [0, 0.05) is 6.61 Å². The monoisotopic (exact) mass is 292 g/mol. The highest BCUT2D eigenvalue weighted by Gasteiger charge is 2.56. The largest absolute Gasteiger partial charge is 0.396 e. The summed E-state index contributed by atoms with van der Waals surface area (Å²) < 4.78 is 0. The molecule has 0 bridgehead atoms. The lowest BCUT2D eigenvalue weighted by Crippen LogP contribution is -2.54. The van der Waals surface area contributed by atoms with Crippen molar-refractivity contribution in [3.8, 4) is 0 Å². The van der Waals surface area contributed by atoms with E-state index < -0.39 is 0 Å². The maximum atomic E-state index is 10.0. The van der Waals surface area contributed by atoms with Crippen molar-refractivity contribution in [3.63, 3.8) is 0 Å². The minimum atomic E-state index is 0.201. The van der Waals surface area contributed by atoms with Crippen LogP contribution in [0.25, 0.3) is 0 Å². The molecular formula is C20H36O. The number of hydrogen-bond donors (Lipinski definition) is 1. The molecule has 0 unspecified atom stereocenters. The summed E-state index contributed by atoms with van der Waals surface area (Å²) in [5, 5.41) is 10.0. The Hall–Kier alpha value is -0.0400. The highest BCUT2D eigenvalue weighted by molar-refractivity contribution is 5.05. The fourth-order valence-corrected chi connectivity index (χ4v) is 6.80. The molecular weight excluding hydrogens is 256 g/mol. The lowest BCUT2D eigenvalue weighted by Gasteiger charge is -2.61. The first-order valence-corrected chi connectivity index (χ1v) is 9.51. The van der Waals surface area contributed by atoms with Crippen molar-refractivity contribution in [1.82, 2.24) is 0 Å². The second kappa shape index (κ2) is 5.55. The fraction of sp³-hybridized carbons (Fsp3) is 1.00. The average Bonchev–Trinajstić information content (AvgIpc) is 2.46. The molecule has 0 aromatic carbocycles. The van der Waals surface area contributed by atoms with Crippen LogP contribution in [0.5, 0.6) is 0 Å². The van der Waals surface area contributed by atoms with E-state index in [4.69, 9.17) is 0 Å². The molecule has 0 aromatic rings. The van der Waals surface area contributed by atoms with Crippen molar-refractivity contribution in [3.05, 3.63) is 0 Å². The zero-order valence-electron chi connectivity index (χ0n) is 14.7. The molecule has 0 spiro atoms. The summed E-state index contributed by atoms with van der Waals surface area (Å²) in [4.78, 5) is 0. The van der Waals surface area contributed by atoms with E-state index >= 15 is 0 Å². The molecule has 3 rings (SSSR count). The molecule has 0 aliphatic heterocycles. The Morgan fingerprint density at radius 1 is 1.05 bits per heavy atom. The zero-order valence-corrected chi connectivity index (χ0v) is 14.7. The molecule has 6 atom stereocenters. The van der Waals surface area contributed by atoms with Crippen LogP contribution in [-0.2, 0) is 0 Å². The average molecular weight is 293 g/mol. The normalized spacial score (nSPS) is 50.6. The number of rotatable bonds is 2. The predicted molar refractivity (Wildman–Crippen MR) is 89.0 cm³/mol. The van der Waals surface area contributed by atoms with Crippen LogP contribution in [0.3, 0.4) is 0 Å². The number of fused-ring (bicyclic) bond motifs is 3. The zero-order chi connectivity index (χ0) is 15.3. The Labute approximate surface area is 131 Å². The summed E-state index contributed by atoms with van der Waals surface area (Å²) in [6.07, 6.45) is 11.2. The Morgan fingerprint density at radius 2 is 1.81 bits per heavy atom. The van der Waals surface area contributed by atoms with Crippen molar-refractivity contribution in [2.45, 2.75) is 79.1 Å². The second-order valence-corrected chi connectivity index (χ2v) is 9.49. The third-order valence-corrected chi connectivity index (χ3v) is 8.10. The molecule has 122 valence electrons. The summed E-state index contributed by atoms with van der Waals surface area (Å²) in [7, 11) is 0. The molecule has 3 saturated carbocycles. The minimum absolute atomic E-state index is 0.201. The van der Waals surface area contributed by atoms with Gasteiger partial charge in [-0.25, -0.2) is 0 Å². The lowest BCUT2D eigenvalue weighted by molar-refractivity contribution is -0.135. The highest BCUT2D eigenvalue weighted by Crippen LogP contribution is 2.64. The van der Waals surface area contributed by atoms with Crippen molar-refractivity contribution < 1.29 is 5.11 Å². The van der Waals surface area contributed by atoms with Gasteiger partial charge in [-0.2, -0.15) is 0 Å². The van der Waals surface area contributed by atoms with E-state index in [1.54, 1.807) is 0 Å². The van der Waals surface area contributed by atoms with Crippen molar-refractivity contribution in [2.24, 2.45) is 40.4 Å². The first-order valence-electron chi connectivity index (χ1n) is 9.51. The maximum Gasteiger partial charge on any atom is 0.0487 e. The molecule has 3 fully saturated rings. The van der Waals surface area contributed by atoms with Crippen LogP contribution in [-0.4, -0.2) is 11.7 Å². The predicted octanol–water partition coefficient (Wildman–Crippen LogP) is 5.27. The summed E-state index contributed by atoms with van der Waals surface area (Å²) >= 11 is 0. The molecule has 3 aliphatic carbocycles. The van der Waals surface area contributed by atoms with Gasteiger partial charge in [-0.15, -0.1) is 0 Å². The summed E-state index contributed by atoms with van der Waals surface area (Å²) in [6.45, 7) is 10.2. The van der Waals surface area contributed by atoms with Gasteiger partial charge >= 0.3 is 0 Å². The summed E-state index contributed by atoms with van der Waals surface area (Å²) in [5.41, 5.74) is 0.716.